The van der Waals surface area contributed by atoms with Gasteiger partial charge < -0.3 is 10.2 Å². The van der Waals surface area contributed by atoms with Gasteiger partial charge in [-0.05, 0) is 91.4 Å². The molecule has 21 heavy (non-hydrogen) atoms. The summed E-state index contributed by atoms with van der Waals surface area (Å²) in [4.78, 5) is 0. The standard InChI is InChI=1S/C19H26O2/c1-11-12-3-4-15-14(13(12)5-7-17(11)20)9-10-19(2)16(15)6-8-18(19)21/h5,7,14-16,18,20-21H,3-4,6,8-10H2,1-2H3/t14-,15-,16+,18?,19+/m1/s1. The van der Waals surface area contributed by atoms with Crippen molar-refractivity contribution in [3.63, 3.8) is 0 Å². The fraction of sp³-hybridized carbons (Fsp3) is 0.684. The van der Waals surface area contributed by atoms with Crippen LogP contribution in [0.3, 0.4) is 0 Å². The van der Waals surface area contributed by atoms with Crippen LogP contribution < -0.4 is 0 Å². The lowest BCUT2D eigenvalue weighted by Gasteiger charge is -2.50. The number of hydrogen-bond acceptors (Lipinski definition) is 2. The number of aliphatic hydroxyl groups is 1. The maximum Gasteiger partial charge on any atom is 0.118 e. The van der Waals surface area contributed by atoms with E-state index in [2.05, 4.69) is 19.9 Å². The number of phenols is 1. The van der Waals surface area contributed by atoms with Gasteiger partial charge in [0.2, 0.25) is 0 Å². The third kappa shape index (κ3) is 1.75. The summed E-state index contributed by atoms with van der Waals surface area (Å²) in [5.41, 5.74) is 4.14. The van der Waals surface area contributed by atoms with Gasteiger partial charge in [0.05, 0.1) is 6.10 Å². The summed E-state index contributed by atoms with van der Waals surface area (Å²) in [6.07, 6.45) is 6.78. The predicted octanol–water partition coefficient (Wildman–Crippen LogP) is 3.92. The molecule has 2 heteroatoms. The topological polar surface area (TPSA) is 40.5 Å². The van der Waals surface area contributed by atoms with Crippen LogP contribution >= 0.6 is 0 Å². The molecule has 0 aromatic heterocycles. The molecule has 0 radical (unpaired) electrons. The maximum absolute atomic E-state index is 10.4. The van der Waals surface area contributed by atoms with Crippen LogP contribution in [0.5, 0.6) is 5.75 Å². The molecule has 2 saturated carbocycles. The minimum atomic E-state index is -0.0913. The molecule has 1 aromatic carbocycles. The van der Waals surface area contributed by atoms with Gasteiger partial charge in [-0.1, -0.05) is 13.0 Å². The summed E-state index contributed by atoms with van der Waals surface area (Å²) in [6.45, 7) is 4.38. The number of phenolic OH excluding ortho intramolecular Hbond substituents is 1. The Kier molecular flexibility index (Phi) is 2.91. The lowest BCUT2D eigenvalue weighted by molar-refractivity contribution is -0.0226. The first-order chi connectivity index (χ1) is 10.0. The summed E-state index contributed by atoms with van der Waals surface area (Å²) in [5.74, 6) is 2.52. The molecule has 0 spiro atoms. The van der Waals surface area contributed by atoms with Crippen molar-refractivity contribution in [3.8, 4) is 5.75 Å². The average molecular weight is 286 g/mol. The van der Waals surface area contributed by atoms with Gasteiger partial charge in [0.1, 0.15) is 5.75 Å². The van der Waals surface area contributed by atoms with Crippen LogP contribution in [0.1, 0.15) is 61.6 Å². The van der Waals surface area contributed by atoms with Gasteiger partial charge in [-0.25, -0.2) is 0 Å². The zero-order valence-corrected chi connectivity index (χ0v) is 13.1. The number of benzene rings is 1. The number of fused-ring (bicyclic) bond motifs is 5. The van der Waals surface area contributed by atoms with E-state index in [1.807, 2.05) is 6.07 Å². The Hall–Kier alpha value is -1.02. The monoisotopic (exact) mass is 286 g/mol. The average Bonchev–Trinajstić information content (AvgIpc) is 2.78. The molecule has 3 aliphatic rings. The highest BCUT2D eigenvalue weighted by Crippen LogP contribution is 2.61. The summed E-state index contributed by atoms with van der Waals surface area (Å²) >= 11 is 0. The number of aromatic hydroxyl groups is 1. The minimum Gasteiger partial charge on any atom is -0.508 e. The van der Waals surface area contributed by atoms with Gasteiger partial charge in [-0.2, -0.15) is 0 Å². The van der Waals surface area contributed by atoms with Crippen LogP contribution in [0.15, 0.2) is 12.1 Å². The van der Waals surface area contributed by atoms with E-state index >= 15 is 0 Å². The molecular formula is C19H26O2. The molecular weight excluding hydrogens is 260 g/mol. The first-order valence-corrected chi connectivity index (χ1v) is 8.52. The van der Waals surface area contributed by atoms with E-state index in [-0.39, 0.29) is 11.5 Å². The van der Waals surface area contributed by atoms with Gasteiger partial charge in [0.25, 0.3) is 0 Å². The van der Waals surface area contributed by atoms with Crippen LogP contribution in [0.2, 0.25) is 0 Å². The summed E-state index contributed by atoms with van der Waals surface area (Å²) < 4.78 is 0. The van der Waals surface area contributed by atoms with Gasteiger partial charge in [0, 0.05) is 0 Å². The summed E-state index contributed by atoms with van der Waals surface area (Å²) in [6, 6.07) is 4.05. The van der Waals surface area contributed by atoms with Crippen LogP contribution in [-0.4, -0.2) is 16.3 Å². The first kappa shape index (κ1) is 13.6. The van der Waals surface area contributed by atoms with Crippen molar-refractivity contribution in [1.82, 2.24) is 0 Å². The van der Waals surface area contributed by atoms with Crippen molar-refractivity contribution in [2.45, 2.75) is 64.4 Å². The highest BCUT2D eigenvalue weighted by atomic mass is 16.3. The fourth-order valence-electron chi connectivity index (χ4n) is 5.80. The second kappa shape index (κ2) is 4.49. The van der Waals surface area contributed by atoms with Crippen LogP contribution in [-0.2, 0) is 6.42 Å². The fourth-order valence-corrected chi connectivity index (χ4v) is 5.80. The van der Waals surface area contributed by atoms with E-state index in [0.29, 0.717) is 17.6 Å². The van der Waals surface area contributed by atoms with Gasteiger partial charge in [0.15, 0.2) is 0 Å². The lowest BCUT2D eigenvalue weighted by atomic mass is 9.55. The molecule has 0 aliphatic heterocycles. The zero-order valence-electron chi connectivity index (χ0n) is 13.1. The van der Waals surface area contributed by atoms with E-state index in [0.717, 1.165) is 30.7 Å². The summed E-state index contributed by atoms with van der Waals surface area (Å²) in [7, 11) is 0. The smallest absolute Gasteiger partial charge is 0.118 e. The predicted molar refractivity (Wildman–Crippen MR) is 83.5 cm³/mol. The molecule has 0 heterocycles. The molecule has 1 aromatic rings. The second-order valence-electron chi connectivity index (χ2n) is 7.83. The molecule has 0 bridgehead atoms. The molecule has 5 atom stereocenters. The van der Waals surface area contributed by atoms with Crippen molar-refractivity contribution in [2.24, 2.45) is 17.3 Å². The normalized spacial score (nSPS) is 41.3. The van der Waals surface area contributed by atoms with Crippen molar-refractivity contribution in [1.29, 1.82) is 0 Å². The highest BCUT2D eigenvalue weighted by Gasteiger charge is 2.54. The zero-order chi connectivity index (χ0) is 14.8. The quantitative estimate of drug-likeness (QED) is 0.759. The Morgan fingerprint density at radius 1 is 1.14 bits per heavy atom. The lowest BCUT2D eigenvalue weighted by Crippen LogP contribution is -2.44. The van der Waals surface area contributed by atoms with Crippen LogP contribution in [0.25, 0.3) is 0 Å². The Balaban J connectivity index is 1.74. The summed E-state index contributed by atoms with van der Waals surface area (Å²) in [5, 5.41) is 20.4. The third-order valence-corrected chi connectivity index (χ3v) is 7.12. The van der Waals surface area contributed by atoms with E-state index in [4.69, 9.17) is 0 Å². The number of hydrogen-bond donors (Lipinski definition) is 2. The Labute approximate surface area is 127 Å². The van der Waals surface area contributed by atoms with Crippen molar-refractivity contribution in [2.75, 3.05) is 0 Å². The SMILES string of the molecule is Cc1c(O)ccc2c1CC[C@@H]1[C@@H]2CC[C@]2(C)C(O)CC[C@@H]12. The van der Waals surface area contributed by atoms with E-state index < -0.39 is 0 Å². The van der Waals surface area contributed by atoms with Crippen molar-refractivity contribution >= 4 is 0 Å². The third-order valence-electron chi connectivity index (χ3n) is 7.12. The molecule has 0 amide bonds. The molecule has 4 rings (SSSR count). The van der Waals surface area contributed by atoms with Gasteiger partial charge in [-0.15, -0.1) is 0 Å². The van der Waals surface area contributed by atoms with Crippen LogP contribution in [0.4, 0.5) is 0 Å². The maximum atomic E-state index is 10.4. The molecule has 0 saturated heterocycles. The largest absolute Gasteiger partial charge is 0.508 e. The van der Waals surface area contributed by atoms with Crippen molar-refractivity contribution in [3.05, 3.63) is 28.8 Å². The molecule has 2 N–H and O–H groups in total. The Morgan fingerprint density at radius 2 is 1.95 bits per heavy atom. The molecule has 1 unspecified atom stereocenters. The van der Waals surface area contributed by atoms with E-state index in [1.54, 1.807) is 0 Å². The molecule has 2 nitrogen and oxygen atoms in total. The number of rotatable bonds is 0. The Morgan fingerprint density at radius 3 is 2.76 bits per heavy atom. The molecule has 114 valence electrons. The minimum absolute atomic E-state index is 0.0913. The highest BCUT2D eigenvalue weighted by molar-refractivity contribution is 5.47. The number of aliphatic hydroxyl groups excluding tert-OH is 1. The Bertz CT molecular complexity index is 579. The first-order valence-electron chi connectivity index (χ1n) is 8.52. The second-order valence-corrected chi connectivity index (χ2v) is 7.83. The van der Waals surface area contributed by atoms with E-state index in [1.165, 1.54) is 30.4 Å². The van der Waals surface area contributed by atoms with Gasteiger partial charge in [-0.3, -0.25) is 0 Å². The van der Waals surface area contributed by atoms with Crippen molar-refractivity contribution < 1.29 is 10.2 Å². The van der Waals surface area contributed by atoms with Crippen LogP contribution in [0, 0.1) is 24.2 Å². The van der Waals surface area contributed by atoms with E-state index in [9.17, 15) is 10.2 Å². The van der Waals surface area contributed by atoms with Gasteiger partial charge >= 0.3 is 0 Å². The molecule has 2 fully saturated rings. The molecule has 3 aliphatic carbocycles.